The lowest BCUT2D eigenvalue weighted by Crippen LogP contribution is -2.29. The van der Waals surface area contributed by atoms with E-state index in [1.807, 2.05) is 31.2 Å². The first-order valence-electron chi connectivity index (χ1n) is 8.68. The van der Waals surface area contributed by atoms with Crippen molar-refractivity contribution < 1.29 is 18.7 Å². The number of para-hydroxylation sites is 1. The molecule has 0 aliphatic carbocycles. The summed E-state index contributed by atoms with van der Waals surface area (Å²) in [6.07, 6.45) is 2.41. The van der Waals surface area contributed by atoms with E-state index in [0.717, 1.165) is 12.0 Å². The van der Waals surface area contributed by atoms with E-state index < -0.39 is 11.7 Å². The maximum atomic E-state index is 13.5. The van der Waals surface area contributed by atoms with E-state index in [9.17, 15) is 14.0 Å². The quantitative estimate of drug-likeness (QED) is 0.525. The van der Waals surface area contributed by atoms with Crippen molar-refractivity contribution >= 4 is 18.0 Å². The molecule has 0 saturated carbocycles. The van der Waals surface area contributed by atoms with E-state index in [-0.39, 0.29) is 24.4 Å². The van der Waals surface area contributed by atoms with Crippen LogP contribution >= 0.6 is 0 Å². The molecule has 6 nitrogen and oxygen atoms in total. The minimum absolute atomic E-state index is 0.0194. The molecule has 0 aliphatic rings. The first-order valence-corrected chi connectivity index (χ1v) is 8.68. The van der Waals surface area contributed by atoms with Crippen molar-refractivity contribution in [2.75, 3.05) is 13.2 Å². The second kappa shape index (κ2) is 10.7. The molecule has 2 rings (SSSR count). The highest BCUT2D eigenvalue weighted by Crippen LogP contribution is 2.15. The van der Waals surface area contributed by atoms with Gasteiger partial charge >= 0.3 is 0 Å². The molecule has 2 aromatic rings. The highest BCUT2D eigenvalue weighted by atomic mass is 19.1. The summed E-state index contributed by atoms with van der Waals surface area (Å²) in [6, 6.07) is 13.0. The lowest BCUT2D eigenvalue weighted by molar-refractivity contribution is -0.120. The van der Waals surface area contributed by atoms with Crippen molar-refractivity contribution in [2.24, 2.45) is 5.10 Å². The Labute approximate surface area is 157 Å². The minimum Gasteiger partial charge on any atom is -0.493 e. The van der Waals surface area contributed by atoms with E-state index in [4.69, 9.17) is 4.74 Å². The zero-order valence-electron chi connectivity index (χ0n) is 15.1. The highest BCUT2D eigenvalue weighted by Gasteiger charge is 2.10. The monoisotopic (exact) mass is 371 g/mol. The molecule has 2 N–H and O–H groups in total. The fraction of sp³-hybridized carbons (Fsp3) is 0.250. The third-order valence-electron chi connectivity index (χ3n) is 3.53. The second-order valence-corrected chi connectivity index (χ2v) is 5.67. The van der Waals surface area contributed by atoms with Crippen molar-refractivity contribution in [1.82, 2.24) is 10.7 Å². The molecule has 0 fully saturated rings. The van der Waals surface area contributed by atoms with Crippen LogP contribution in [0, 0.1) is 5.82 Å². The summed E-state index contributed by atoms with van der Waals surface area (Å²) < 4.78 is 19.1. The van der Waals surface area contributed by atoms with Crippen molar-refractivity contribution in [2.45, 2.75) is 19.8 Å². The number of ether oxygens (including phenoxy) is 1. The summed E-state index contributed by atoms with van der Waals surface area (Å²) in [5.74, 6) is -0.846. The third kappa shape index (κ3) is 6.54. The Morgan fingerprint density at radius 2 is 1.89 bits per heavy atom. The molecule has 142 valence electrons. The van der Waals surface area contributed by atoms with Crippen LogP contribution in [0.5, 0.6) is 5.75 Å². The van der Waals surface area contributed by atoms with Gasteiger partial charge in [-0.3, -0.25) is 9.59 Å². The number of amides is 2. The zero-order chi connectivity index (χ0) is 19.5. The molecule has 7 heteroatoms. The summed E-state index contributed by atoms with van der Waals surface area (Å²) in [4.78, 5) is 23.6. The SMILES string of the molecule is CCCOc1ccccc1C=NNC(=O)CCNC(=O)c1ccccc1F. The van der Waals surface area contributed by atoms with Crippen LogP contribution in [-0.4, -0.2) is 31.2 Å². The molecule has 0 unspecified atom stereocenters. The van der Waals surface area contributed by atoms with Crippen LogP contribution in [0.15, 0.2) is 53.6 Å². The third-order valence-corrected chi connectivity index (χ3v) is 3.53. The summed E-state index contributed by atoms with van der Waals surface area (Å²) in [7, 11) is 0. The lowest BCUT2D eigenvalue weighted by atomic mass is 10.2. The Bertz CT molecular complexity index is 809. The Morgan fingerprint density at radius 3 is 2.67 bits per heavy atom. The molecule has 2 aromatic carbocycles. The average Bonchev–Trinajstić information content (AvgIpc) is 2.67. The molecule has 27 heavy (non-hydrogen) atoms. The maximum absolute atomic E-state index is 13.5. The Hall–Kier alpha value is -3.22. The number of nitrogens with one attached hydrogen (secondary N) is 2. The fourth-order valence-electron chi connectivity index (χ4n) is 2.19. The predicted octanol–water partition coefficient (Wildman–Crippen LogP) is 2.88. The van der Waals surface area contributed by atoms with Crippen LogP contribution < -0.4 is 15.5 Å². The summed E-state index contributed by atoms with van der Waals surface area (Å²) in [5.41, 5.74) is 3.08. The first kappa shape index (κ1) is 20.1. The van der Waals surface area contributed by atoms with Gasteiger partial charge in [-0.25, -0.2) is 9.82 Å². The number of hydrazone groups is 1. The highest BCUT2D eigenvalue weighted by molar-refractivity contribution is 5.94. The fourth-order valence-corrected chi connectivity index (χ4v) is 2.19. The van der Waals surface area contributed by atoms with Crippen LogP contribution in [0.4, 0.5) is 4.39 Å². The van der Waals surface area contributed by atoms with Crippen molar-refractivity contribution in [1.29, 1.82) is 0 Å². The summed E-state index contributed by atoms with van der Waals surface area (Å²) >= 11 is 0. The maximum Gasteiger partial charge on any atom is 0.254 e. The van der Waals surface area contributed by atoms with Crippen molar-refractivity contribution in [3.8, 4) is 5.75 Å². The van der Waals surface area contributed by atoms with Crippen LogP contribution in [0.3, 0.4) is 0 Å². The molecule has 0 atom stereocenters. The molecule has 0 aromatic heterocycles. The van der Waals surface area contributed by atoms with Gasteiger partial charge in [0, 0.05) is 18.5 Å². The molecule has 0 radical (unpaired) electrons. The molecular formula is C20H22FN3O3. The van der Waals surface area contributed by atoms with Gasteiger partial charge in [0.1, 0.15) is 11.6 Å². The summed E-state index contributed by atoms with van der Waals surface area (Å²) in [6.45, 7) is 2.69. The summed E-state index contributed by atoms with van der Waals surface area (Å²) in [5, 5.41) is 6.40. The number of hydrogen-bond donors (Lipinski definition) is 2. The van der Waals surface area contributed by atoms with E-state index in [1.165, 1.54) is 24.4 Å². The van der Waals surface area contributed by atoms with Gasteiger partial charge < -0.3 is 10.1 Å². The standard InChI is InChI=1S/C20H22FN3O3/c1-2-13-27-18-10-6-3-7-15(18)14-23-24-19(25)11-12-22-20(26)16-8-4-5-9-17(16)21/h3-10,14H,2,11-13H2,1H3,(H,22,26)(H,24,25). The van der Waals surface area contributed by atoms with Gasteiger partial charge in [0.05, 0.1) is 18.4 Å². The van der Waals surface area contributed by atoms with Crippen LogP contribution in [0.2, 0.25) is 0 Å². The number of benzene rings is 2. The second-order valence-electron chi connectivity index (χ2n) is 5.67. The molecule has 0 heterocycles. The Morgan fingerprint density at radius 1 is 1.15 bits per heavy atom. The van der Waals surface area contributed by atoms with Gasteiger partial charge in [0.25, 0.3) is 5.91 Å². The number of hydrogen-bond acceptors (Lipinski definition) is 4. The first-order chi connectivity index (χ1) is 13.1. The number of carbonyl (C=O) groups excluding carboxylic acids is 2. The number of halogens is 1. The molecule has 0 spiro atoms. The molecular weight excluding hydrogens is 349 g/mol. The molecule has 0 saturated heterocycles. The normalized spacial score (nSPS) is 10.6. The predicted molar refractivity (Wildman–Crippen MR) is 101 cm³/mol. The lowest BCUT2D eigenvalue weighted by Gasteiger charge is -2.07. The van der Waals surface area contributed by atoms with Crippen LogP contribution in [0.25, 0.3) is 0 Å². The number of rotatable bonds is 9. The zero-order valence-corrected chi connectivity index (χ0v) is 15.1. The Kier molecular flexibility index (Phi) is 7.96. The van der Waals surface area contributed by atoms with E-state index in [2.05, 4.69) is 15.8 Å². The van der Waals surface area contributed by atoms with Gasteiger partial charge in [-0.1, -0.05) is 31.2 Å². The molecule has 2 amide bonds. The largest absolute Gasteiger partial charge is 0.493 e. The smallest absolute Gasteiger partial charge is 0.254 e. The van der Waals surface area contributed by atoms with Crippen molar-refractivity contribution in [3.63, 3.8) is 0 Å². The van der Waals surface area contributed by atoms with Gasteiger partial charge in [-0.05, 0) is 30.7 Å². The van der Waals surface area contributed by atoms with Crippen LogP contribution in [-0.2, 0) is 4.79 Å². The van der Waals surface area contributed by atoms with E-state index in [0.29, 0.717) is 12.4 Å². The topological polar surface area (TPSA) is 79.8 Å². The van der Waals surface area contributed by atoms with Gasteiger partial charge in [-0.15, -0.1) is 0 Å². The Balaban J connectivity index is 1.77. The van der Waals surface area contributed by atoms with E-state index >= 15 is 0 Å². The van der Waals surface area contributed by atoms with Gasteiger partial charge in [0.15, 0.2) is 0 Å². The van der Waals surface area contributed by atoms with Crippen LogP contribution in [0.1, 0.15) is 35.7 Å². The molecule has 0 aliphatic heterocycles. The molecule has 0 bridgehead atoms. The van der Waals surface area contributed by atoms with Crippen molar-refractivity contribution in [3.05, 3.63) is 65.5 Å². The average molecular weight is 371 g/mol. The number of carbonyl (C=O) groups is 2. The minimum atomic E-state index is -0.604. The number of nitrogens with zero attached hydrogens (tertiary/aromatic N) is 1. The van der Waals surface area contributed by atoms with E-state index in [1.54, 1.807) is 6.07 Å². The van der Waals surface area contributed by atoms with Gasteiger partial charge in [-0.2, -0.15) is 5.10 Å². The van der Waals surface area contributed by atoms with Gasteiger partial charge in [0.2, 0.25) is 5.91 Å².